The molecule has 3 rings (SSSR count). The number of nitro groups is 1. The lowest BCUT2D eigenvalue weighted by Crippen LogP contribution is -2.13. The Balaban J connectivity index is 1.78. The Morgan fingerprint density at radius 2 is 1.89 bits per heavy atom. The smallest absolute Gasteiger partial charge is 0.273 e. The molecule has 0 unspecified atom stereocenters. The predicted molar refractivity (Wildman–Crippen MR) is 131 cm³/mol. The number of benzene rings is 3. The van der Waals surface area contributed by atoms with Gasteiger partial charge in [-0.15, -0.1) is 0 Å². The molecule has 0 aromatic heterocycles. The molecular formula is C24H17Cl2N3O6. The number of hydrogen-bond donors (Lipinski definition) is 2. The third-order valence-electron chi connectivity index (χ3n) is 4.74. The number of methoxy groups -OCH3 is 1. The molecule has 35 heavy (non-hydrogen) atoms. The minimum Gasteiger partial charge on any atom is -0.506 e. The molecule has 0 radical (unpaired) electrons. The molecule has 0 saturated carbocycles. The van der Waals surface area contributed by atoms with Crippen LogP contribution in [0.4, 0.5) is 11.4 Å². The van der Waals surface area contributed by atoms with Crippen LogP contribution < -0.4 is 14.8 Å². The van der Waals surface area contributed by atoms with Gasteiger partial charge >= 0.3 is 0 Å². The van der Waals surface area contributed by atoms with E-state index in [9.17, 15) is 25.3 Å². The third-order valence-corrected chi connectivity index (χ3v) is 5.45. The predicted octanol–water partition coefficient (Wildman–Crippen LogP) is 5.74. The second kappa shape index (κ2) is 11.2. The zero-order valence-corrected chi connectivity index (χ0v) is 19.6. The number of nitrogens with zero attached hydrogens (tertiary/aromatic N) is 2. The molecule has 2 N–H and O–H groups in total. The summed E-state index contributed by atoms with van der Waals surface area (Å²) in [4.78, 5) is 22.6. The molecule has 0 heterocycles. The van der Waals surface area contributed by atoms with E-state index < -0.39 is 16.6 Å². The molecule has 3 aromatic carbocycles. The summed E-state index contributed by atoms with van der Waals surface area (Å²) >= 11 is 12.3. The zero-order chi connectivity index (χ0) is 25.5. The van der Waals surface area contributed by atoms with E-state index >= 15 is 0 Å². The third kappa shape index (κ3) is 6.20. The Bertz CT molecular complexity index is 1350. The highest BCUT2D eigenvalue weighted by atomic mass is 35.5. The van der Waals surface area contributed by atoms with Gasteiger partial charge in [0.1, 0.15) is 24.0 Å². The van der Waals surface area contributed by atoms with Crippen molar-refractivity contribution in [2.45, 2.75) is 6.61 Å². The Hall–Kier alpha value is -4.26. The number of hydrogen-bond acceptors (Lipinski definition) is 7. The molecular weight excluding hydrogens is 497 g/mol. The zero-order valence-electron chi connectivity index (χ0n) is 18.1. The number of anilines is 1. The van der Waals surface area contributed by atoms with Gasteiger partial charge in [0, 0.05) is 21.7 Å². The average molecular weight is 514 g/mol. The molecule has 0 fully saturated rings. The van der Waals surface area contributed by atoms with E-state index in [1.165, 1.54) is 19.3 Å². The van der Waals surface area contributed by atoms with E-state index in [1.54, 1.807) is 42.5 Å². The first-order chi connectivity index (χ1) is 16.7. The lowest BCUT2D eigenvalue weighted by molar-refractivity contribution is -0.384. The van der Waals surface area contributed by atoms with Crippen molar-refractivity contribution in [3.63, 3.8) is 0 Å². The van der Waals surface area contributed by atoms with E-state index in [0.29, 0.717) is 32.7 Å². The van der Waals surface area contributed by atoms with Crippen LogP contribution in [0.5, 0.6) is 17.2 Å². The summed E-state index contributed by atoms with van der Waals surface area (Å²) in [5, 5.41) is 33.4. The normalized spacial score (nSPS) is 10.9. The minimum atomic E-state index is -0.815. The van der Waals surface area contributed by atoms with Gasteiger partial charge in [0.25, 0.3) is 11.6 Å². The highest BCUT2D eigenvalue weighted by Gasteiger charge is 2.16. The highest BCUT2D eigenvalue weighted by Crippen LogP contribution is 2.32. The number of ether oxygens (including phenoxy) is 2. The lowest BCUT2D eigenvalue weighted by atomic mass is 10.1. The number of nitro benzene ring substituents is 1. The number of rotatable bonds is 8. The van der Waals surface area contributed by atoms with Gasteiger partial charge in [0.05, 0.1) is 23.8 Å². The van der Waals surface area contributed by atoms with Crippen LogP contribution in [0, 0.1) is 21.4 Å². The first-order valence-electron chi connectivity index (χ1n) is 9.87. The molecule has 0 aliphatic heterocycles. The van der Waals surface area contributed by atoms with Gasteiger partial charge in [-0.05, 0) is 42.0 Å². The first kappa shape index (κ1) is 25.4. The second-order valence-electron chi connectivity index (χ2n) is 6.98. The number of non-ortho nitro benzene ring substituents is 1. The number of carbonyl (C=O) groups is 1. The quantitative estimate of drug-likeness (QED) is 0.129. The van der Waals surface area contributed by atoms with Gasteiger partial charge in [-0.1, -0.05) is 35.3 Å². The van der Waals surface area contributed by atoms with Gasteiger partial charge in [-0.3, -0.25) is 14.9 Å². The number of aromatic hydroxyl groups is 1. The molecule has 178 valence electrons. The molecule has 1 amide bonds. The maximum absolute atomic E-state index is 12.5. The summed E-state index contributed by atoms with van der Waals surface area (Å²) in [6, 6.07) is 14.9. The fraction of sp³-hybridized carbons (Fsp3) is 0.0833. The van der Waals surface area contributed by atoms with Crippen LogP contribution in [0.3, 0.4) is 0 Å². The largest absolute Gasteiger partial charge is 0.506 e. The van der Waals surface area contributed by atoms with Crippen molar-refractivity contribution in [1.29, 1.82) is 5.26 Å². The van der Waals surface area contributed by atoms with E-state index in [2.05, 4.69) is 5.32 Å². The minimum absolute atomic E-state index is 0.0821. The molecule has 0 atom stereocenters. The number of phenols is 1. The van der Waals surface area contributed by atoms with Gasteiger partial charge < -0.3 is 19.9 Å². The van der Waals surface area contributed by atoms with Gasteiger partial charge in [-0.25, -0.2) is 0 Å². The maximum Gasteiger partial charge on any atom is 0.273 e. The topological polar surface area (TPSA) is 135 Å². The van der Waals surface area contributed by atoms with Crippen molar-refractivity contribution < 1.29 is 24.3 Å². The maximum atomic E-state index is 12.5. The Morgan fingerprint density at radius 3 is 2.49 bits per heavy atom. The molecule has 11 heteroatoms. The number of amides is 1. The lowest BCUT2D eigenvalue weighted by Gasteiger charge is -2.13. The van der Waals surface area contributed by atoms with Crippen LogP contribution in [0.15, 0.2) is 60.2 Å². The van der Waals surface area contributed by atoms with Crippen LogP contribution in [-0.4, -0.2) is 23.0 Å². The van der Waals surface area contributed by atoms with Crippen molar-refractivity contribution in [3.05, 3.63) is 91.5 Å². The van der Waals surface area contributed by atoms with Crippen molar-refractivity contribution in [2.75, 3.05) is 12.4 Å². The highest BCUT2D eigenvalue weighted by molar-refractivity contribution is 6.35. The van der Waals surface area contributed by atoms with Crippen molar-refractivity contribution in [3.8, 4) is 23.3 Å². The van der Waals surface area contributed by atoms with E-state index in [-0.39, 0.29) is 23.6 Å². The Morgan fingerprint density at radius 1 is 1.17 bits per heavy atom. The summed E-state index contributed by atoms with van der Waals surface area (Å²) in [7, 11) is 1.44. The summed E-state index contributed by atoms with van der Waals surface area (Å²) in [6.45, 7) is 0.0919. The fourth-order valence-corrected chi connectivity index (χ4v) is 3.46. The van der Waals surface area contributed by atoms with Crippen molar-refractivity contribution >= 4 is 46.6 Å². The SMILES string of the molecule is COc1cc(C=C(C#N)C(=O)Nc2ccc([N+](=O)[O-])cc2O)ccc1OCc1c(Cl)cccc1Cl. The van der Waals surface area contributed by atoms with Crippen LogP contribution in [0.2, 0.25) is 10.0 Å². The van der Waals surface area contributed by atoms with Gasteiger partial charge in [0.15, 0.2) is 11.5 Å². The molecule has 0 bridgehead atoms. The van der Waals surface area contributed by atoms with Crippen molar-refractivity contribution in [1.82, 2.24) is 0 Å². The number of halogens is 2. The van der Waals surface area contributed by atoms with Crippen LogP contribution in [0.1, 0.15) is 11.1 Å². The Labute approximate surface area is 209 Å². The van der Waals surface area contributed by atoms with Crippen LogP contribution in [0.25, 0.3) is 6.08 Å². The van der Waals surface area contributed by atoms with Gasteiger partial charge in [-0.2, -0.15) is 5.26 Å². The number of carbonyl (C=O) groups excluding carboxylic acids is 1. The fourth-order valence-electron chi connectivity index (χ4n) is 2.96. The van der Waals surface area contributed by atoms with E-state index in [1.807, 2.05) is 0 Å². The van der Waals surface area contributed by atoms with E-state index in [0.717, 1.165) is 12.1 Å². The first-order valence-corrected chi connectivity index (χ1v) is 10.6. The number of nitriles is 1. The monoisotopic (exact) mass is 513 g/mol. The summed E-state index contributed by atoms with van der Waals surface area (Å²) < 4.78 is 11.2. The van der Waals surface area contributed by atoms with Crippen molar-refractivity contribution in [2.24, 2.45) is 0 Å². The summed E-state index contributed by atoms with van der Waals surface area (Å²) in [5.41, 5.74) is 0.370. The van der Waals surface area contributed by atoms with Gasteiger partial charge in [0.2, 0.25) is 0 Å². The van der Waals surface area contributed by atoms with E-state index in [4.69, 9.17) is 32.7 Å². The molecule has 0 aliphatic rings. The average Bonchev–Trinajstić information content (AvgIpc) is 2.83. The molecule has 0 aliphatic carbocycles. The summed E-state index contributed by atoms with van der Waals surface area (Å²) in [5.74, 6) is -0.594. The second-order valence-corrected chi connectivity index (χ2v) is 7.80. The molecule has 3 aromatic rings. The number of nitrogens with one attached hydrogen (secondary N) is 1. The standard InChI is InChI=1S/C24H17Cl2N3O6/c1-34-23-10-14(5-8-22(23)35-13-17-18(25)3-2-4-19(17)26)9-15(12-27)24(31)28-20-7-6-16(29(32)33)11-21(20)30/h2-11,30H,13H2,1H3,(H,28,31). The number of phenolic OH excluding ortho intramolecular Hbond substituents is 1. The molecule has 0 spiro atoms. The molecule has 9 nitrogen and oxygen atoms in total. The molecule has 0 saturated heterocycles. The van der Waals surface area contributed by atoms with Crippen LogP contribution >= 0.6 is 23.2 Å². The van der Waals surface area contributed by atoms with Crippen LogP contribution in [-0.2, 0) is 11.4 Å². The Kier molecular flexibility index (Phi) is 8.15. The summed E-state index contributed by atoms with van der Waals surface area (Å²) in [6.07, 6.45) is 1.31.